The van der Waals surface area contributed by atoms with Crippen molar-refractivity contribution in [3.63, 3.8) is 0 Å². The van der Waals surface area contributed by atoms with Crippen molar-refractivity contribution >= 4 is 21.8 Å². The molecule has 6 heteroatoms. The Balaban J connectivity index is 2.18. The zero-order valence-corrected chi connectivity index (χ0v) is 12.7. The van der Waals surface area contributed by atoms with E-state index in [-0.39, 0.29) is 5.91 Å². The first-order valence-electron chi connectivity index (χ1n) is 6.45. The van der Waals surface area contributed by atoms with E-state index in [1.807, 2.05) is 6.92 Å². The molecule has 0 aliphatic carbocycles. The molecule has 0 aromatic heterocycles. The summed E-state index contributed by atoms with van der Waals surface area (Å²) in [5, 5.41) is 11.7. The molecule has 0 radical (unpaired) electrons. The van der Waals surface area contributed by atoms with E-state index < -0.39 is 6.04 Å². The minimum atomic E-state index is -0.473. The second-order valence-corrected chi connectivity index (χ2v) is 5.28. The van der Waals surface area contributed by atoms with Gasteiger partial charge in [0, 0.05) is 5.56 Å². The minimum absolute atomic E-state index is 0.289. The fraction of sp³-hybridized carbons (Fsp3) is 0.429. The van der Waals surface area contributed by atoms with Gasteiger partial charge in [-0.05, 0) is 34.5 Å². The Morgan fingerprint density at radius 1 is 1.50 bits per heavy atom. The molecule has 2 rings (SSSR count). The van der Waals surface area contributed by atoms with E-state index in [2.05, 4.69) is 27.3 Å². The highest BCUT2D eigenvalue weighted by molar-refractivity contribution is 9.10. The molecule has 1 aliphatic rings. The standard InChI is InChI=1S/C14H15BrN2O3/c1-2-3-10(8-16)17-14(18)9-6-11(15)13-12(7-9)19-4-5-20-13/h6-7,10H,2-5H2,1H3,(H,17,18)/t10-/m1/s1. The lowest BCUT2D eigenvalue weighted by molar-refractivity contribution is 0.0942. The molecular weight excluding hydrogens is 324 g/mol. The van der Waals surface area contributed by atoms with Crippen molar-refractivity contribution in [2.45, 2.75) is 25.8 Å². The highest BCUT2D eigenvalue weighted by Crippen LogP contribution is 2.38. The van der Waals surface area contributed by atoms with Crippen LogP contribution in [0.15, 0.2) is 16.6 Å². The van der Waals surface area contributed by atoms with Crippen LogP contribution >= 0.6 is 15.9 Å². The molecule has 1 heterocycles. The van der Waals surface area contributed by atoms with Crippen molar-refractivity contribution in [3.05, 3.63) is 22.2 Å². The summed E-state index contributed by atoms with van der Waals surface area (Å²) >= 11 is 3.37. The molecule has 5 nitrogen and oxygen atoms in total. The van der Waals surface area contributed by atoms with E-state index in [0.29, 0.717) is 41.2 Å². The van der Waals surface area contributed by atoms with Crippen molar-refractivity contribution in [3.8, 4) is 17.6 Å². The van der Waals surface area contributed by atoms with Crippen LogP contribution in [0.4, 0.5) is 0 Å². The van der Waals surface area contributed by atoms with Gasteiger partial charge in [0.1, 0.15) is 19.3 Å². The van der Waals surface area contributed by atoms with Crippen LogP contribution in [0, 0.1) is 11.3 Å². The number of rotatable bonds is 4. The smallest absolute Gasteiger partial charge is 0.252 e. The molecule has 0 saturated heterocycles. The predicted octanol–water partition coefficient (Wildman–Crippen LogP) is 2.64. The molecule has 1 N–H and O–H groups in total. The molecule has 1 amide bonds. The summed E-state index contributed by atoms with van der Waals surface area (Å²) in [5.41, 5.74) is 0.442. The molecular formula is C14H15BrN2O3. The Hall–Kier alpha value is -1.74. The summed E-state index contributed by atoms with van der Waals surface area (Å²) in [7, 11) is 0. The molecule has 0 bridgehead atoms. The quantitative estimate of drug-likeness (QED) is 0.915. The Kier molecular flexibility index (Phi) is 4.85. The predicted molar refractivity (Wildman–Crippen MR) is 76.9 cm³/mol. The molecule has 106 valence electrons. The fourth-order valence-electron chi connectivity index (χ4n) is 1.94. The number of hydrogen-bond acceptors (Lipinski definition) is 4. The van der Waals surface area contributed by atoms with Crippen LogP contribution in [-0.2, 0) is 0 Å². The Morgan fingerprint density at radius 3 is 2.95 bits per heavy atom. The molecule has 1 aliphatic heterocycles. The zero-order valence-electron chi connectivity index (χ0n) is 11.1. The molecule has 0 unspecified atom stereocenters. The summed E-state index contributed by atoms with van der Waals surface area (Å²) in [6.07, 6.45) is 1.47. The molecule has 0 fully saturated rings. The summed E-state index contributed by atoms with van der Waals surface area (Å²) < 4.78 is 11.6. The number of amides is 1. The van der Waals surface area contributed by atoms with Crippen molar-refractivity contribution in [1.29, 1.82) is 5.26 Å². The first-order valence-corrected chi connectivity index (χ1v) is 7.24. The van der Waals surface area contributed by atoms with E-state index in [4.69, 9.17) is 14.7 Å². The van der Waals surface area contributed by atoms with Crippen LogP contribution in [0.25, 0.3) is 0 Å². The largest absolute Gasteiger partial charge is 0.486 e. The summed E-state index contributed by atoms with van der Waals surface area (Å²) in [6, 6.07) is 4.91. The Labute approximate surface area is 126 Å². The second kappa shape index (κ2) is 6.62. The average Bonchev–Trinajstić information content (AvgIpc) is 2.46. The highest BCUT2D eigenvalue weighted by Gasteiger charge is 2.20. The lowest BCUT2D eigenvalue weighted by atomic mass is 10.1. The third-order valence-electron chi connectivity index (χ3n) is 2.90. The van der Waals surface area contributed by atoms with Gasteiger partial charge in [0.2, 0.25) is 0 Å². The van der Waals surface area contributed by atoms with Gasteiger partial charge < -0.3 is 14.8 Å². The van der Waals surface area contributed by atoms with Gasteiger partial charge in [0.05, 0.1) is 10.5 Å². The Bertz CT molecular complexity index is 554. The van der Waals surface area contributed by atoms with Gasteiger partial charge in [-0.3, -0.25) is 4.79 Å². The number of benzene rings is 1. The number of carbonyl (C=O) groups excluding carboxylic acids is 1. The lowest BCUT2D eigenvalue weighted by Gasteiger charge is -2.20. The van der Waals surface area contributed by atoms with Gasteiger partial charge in [0.25, 0.3) is 5.91 Å². The maximum atomic E-state index is 12.1. The van der Waals surface area contributed by atoms with Gasteiger partial charge in [-0.25, -0.2) is 0 Å². The lowest BCUT2D eigenvalue weighted by Crippen LogP contribution is -2.33. The van der Waals surface area contributed by atoms with Gasteiger partial charge in [-0.1, -0.05) is 13.3 Å². The molecule has 0 saturated carbocycles. The number of halogens is 1. The van der Waals surface area contributed by atoms with Crippen LogP contribution in [0.2, 0.25) is 0 Å². The van der Waals surface area contributed by atoms with Gasteiger partial charge in [0.15, 0.2) is 11.5 Å². The van der Waals surface area contributed by atoms with Crippen molar-refractivity contribution in [2.75, 3.05) is 13.2 Å². The van der Waals surface area contributed by atoms with Crippen molar-refractivity contribution < 1.29 is 14.3 Å². The third-order valence-corrected chi connectivity index (χ3v) is 3.49. The third kappa shape index (κ3) is 3.23. The van der Waals surface area contributed by atoms with Gasteiger partial charge >= 0.3 is 0 Å². The number of nitrogens with zero attached hydrogens (tertiary/aromatic N) is 1. The van der Waals surface area contributed by atoms with E-state index in [1.54, 1.807) is 12.1 Å². The van der Waals surface area contributed by atoms with Crippen molar-refractivity contribution in [1.82, 2.24) is 5.32 Å². The van der Waals surface area contributed by atoms with E-state index in [0.717, 1.165) is 6.42 Å². The number of nitriles is 1. The molecule has 1 aromatic carbocycles. The van der Waals surface area contributed by atoms with Crippen LogP contribution in [0.5, 0.6) is 11.5 Å². The van der Waals surface area contributed by atoms with Crippen LogP contribution in [0.3, 0.4) is 0 Å². The molecule has 20 heavy (non-hydrogen) atoms. The fourth-order valence-corrected chi connectivity index (χ4v) is 2.50. The van der Waals surface area contributed by atoms with Gasteiger partial charge in [-0.15, -0.1) is 0 Å². The van der Waals surface area contributed by atoms with E-state index in [1.165, 1.54) is 0 Å². The van der Waals surface area contributed by atoms with Crippen molar-refractivity contribution in [2.24, 2.45) is 0 Å². The monoisotopic (exact) mass is 338 g/mol. The number of carbonyl (C=O) groups is 1. The summed E-state index contributed by atoms with van der Waals surface area (Å²) in [6.45, 7) is 2.92. The van der Waals surface area contributed by atoms with Gasteiger partial charge in [-0.2, -0.15) is 5.26 Å². The second-order valence-electron chi connectivity index (χ2n) is 4.43. The first kappa shape index (κ1) is 14.7. The van der Waals surface area contributed by atoms with Crippen LogP contribution in [0.1, 0.15) is 30.1 Å². The summed E-state index contributed by atoms with van der Waals surface area (Å²) in [4.78, 5) is 12.1. The van der Waals surface area contributed by atoms with E-state index in [9.17, 15) is 4.79 Å². The van der Waals surface area contributed by atoms with E-state index >= 15 is 0 Å². The highest BCUT2D eigenvalue weighted by atomic mass is 79.9. The number of ether oxygens (including phenoxy) is 2. The average molecular weight is 339 g/mol. The van der Waals surface area contributed by atoms with Crippen LogP contribution in [-0.4, -0.2) is 25.2 Å². The SMILES string of the molecule is CCC[C@H](C#N)NC(=O)c1cc(Br)c2c(c1)OCCO2. The minimum Gasteiger partial charge on any atom is -0.486 e. The van der Waals surface area contributed by atoms with Crippen LogP contribution < -0.4 is 14.8 Å². The number of nitrogens with one attached hydrogen (secondary N) is 1. The number of fused-ring (bicyclic) bond motifs is 1. The molecule has 1 aromatic rings. The topological polar surface area (TPSA) is 71.4 Å². The summed E-state index contributed by atoms with van der Waals surface area (Å²) in [5.74, 6) is 0.862. The maximum Gasteiger partial charge on any atom is 0.252 e. The zero-order chi connectivity index (χ0) is 14.5. The normalized spacial score (nSPS) is 14.2. The molecule has 0 spiro atoms. The first-order chi connectivity index (χ1) is 9.65. The number of hydrogen-bond donors (Lipinski definition) is 1. The maximum absolute atomic E-state index is 12.1. The Morgan fingerprint density at radius 2 is 2.25 bits per heavy atom. The molecule has 1 atom stereocenters.